The Morgan fingerprint density at radius 2 is 1.72 bits per heavy atom. The molecule has 3 nitrogen and oxygen atoms in total. The maximum atomic E-state index is 13.1. The van der Waals surface area contributed by atoms with E-state index in [1.807, 2.05) is 52.0 Å². The molecule has 0 aromatic heterocycles. The van der Waals surface area contributed by atoms with Gasteiger partial charge in [-0.1, -0.05) is 35.9 Å². The van der Waals surface area contributed by atoms with Gasteiger partial charge in [0.15, 0.2) is 0 Å². The first kappa shape index (κ1) is 18.2. The molecular formula is C19H21BClFO3. The Bertz CT molecular complexity index is 763. The molecule has 25 heavy (non-hydrogen) atoms. The van der Waals surface area contributed by atoms with Crippen molar-refractivity contribution in [1.82, 2.24) is 0 Å². The van der Waals surface area contributed by atoms with E-state index < -0.39 is 7.12 Å². The third-order valence-corrected chi connectivity index (χ3v) is 5.06. The maximum absolute atomic E-state index is 13.1. The second-order valence-corrected chi connectivity index (χ2v) is 7.60. The minimum absolute atomic E-state index is 0.252. The van der Waals surface area contributed by atoms with Gasteiger partial charge in [0.05, 0.1) is 16.2 Å². The number of hydrogen-bond donors (Lipinski definition) is 0. The van der Waals surface area contributed by atoms with Gasteiger partial charge in [0.1, 0.15) is 18.2 Å². The Morgan fingerprint density at radius 3 is 2.36 bits per heavy atom. The van der Waals surface area contributed by atoms with Crippen molar-refractivity contribution in [3.05, 3.63) is 58.9 Å². The number of ether oxygens (including phenoxy) is 1. The van der Waals surface area contributed by atoms with Crippen LogP contribution in [0.5, 0.6) is 5.75 Å². The van der Waals surface area contributed by atoms with E-state index in [-0.39, 0.29) is 22.0 Å². The molecule has 0 unspecified atom stereocenters. The summed E-state index contributed by atoms with van der Waals surface area (Å²) in [5.41, 5.74) is 1.12. The zero-order chi connectivity index (χ0) is 18.2. The fraction of sp³-hybridized carbons (Fsp3) is 0.368. The molecule has 0 radical (unpaired) electrons. The summed E-state index contributed by atoms with van der Waals surface area (Å²) in [6, 6.07) is 11.9. The largest absolute Gasteiger partial charge is 0.494 e. The molecule has 2 aromatic rings. The summed E-state index contributed by atoms with van der Waals surface area (Å²) >= 11 is 5.99. The summed E-state index contributed by atoms with van der Waals surface area (Å²) in [5, 5.41) is 0.252. The fourth-order valence-corrected chi connectivity index (χ4v) is 2.78. The predicted molar refractivity (Wildman–Crippen MR) is 97.9 cm³/mol. The van der Waals surface area contributed by atoms with Crippen molar-refractivity contribution in [3.63, 3.8) is 0 Å². The van der Waals surface area contributed by atoms with E-state index in [2.05, 4.69) is 0 Å². The average molecular weight is 363 g/mol. The molecule has 0 spiro atoms. The molecule has 0 atom stereocenters. The Balaban J connectivity index is 1.72. The van der Waals surface area contributed by atoms with Crippen molar-refractivity contribution >= 4 is 24.2 Å². The molecule has 1 fully saturated rings. The lowest BCUT2D eigenvalue weighted by molar-refractivity contribution is 0.00578. The normalized spacial score (nSPS) is 18.4. The van der Waals surface area contributed by atoms with Gasteiger partial charge < -0.3 is 14.0 Å². The standard InChI is InChI=1S/C19H21BClFO3/c1-18(2)19(3,4)25-20(24-18)14-7-5-6-13(10-14)12-23-17-9-8-15(22)11-16(17)21/h5-11H,12H2,1-4H3. The summed E-state index contributed by atoms with van der Waals surface area (Å²) in [6.07, 6.45) is 0. The zero-order valence-electron chi connectivity index (χ0n) is 14.8. The third-order valence-electron chi connectivity index (χ3n) is 4.76. The van der Waals surface area contributed by atoms with Crippen LogP contribution < -0.4 is 10.2 Å². The Kier molecular flexibility index (Phi) is 4.84. The highest BCUT2D eigenvalue weighted by atomic mass is 35.5. The number of halogens is 2. The van der Waals surface area contributed by atoms with Crippen molar-refractivity contribution in [2.75, 3.05) is 0 Å². The lowest BCUT2D eigenvalue weighted by atomic mass is 9.78. The molecule has 1 aliphatic heterocycles. The molecule has 0 aliphatic carbocycles. The minimum Gasteiger partial charge on any atom is -0.487 e. The molecule has 6 heteroatoms. The summed E-state index contributed by atoms with van der Waals surface area (Å²) in [4.78, 5) is 0. The first-order chi connectivity index (χ1) is 11.7. The first-order valence-corrected chi connectivity index (χ1v) is 8.58. The maximum Gasteiger partial charge on any atom is 0.494 e. The molecule has 0 saturated carbocycles. The van der Waals surface area contributed by atoms with Gasteiger partial charge >= 0.3 is 7.12 Å². The van der Waals surface area contributed by atoms with Crippen molar-refractivity contribution in [3.8, 4) is 5.75 Å². The number of rotatable bonds is 4. The molecule has 3 rings (SSSR count). The summed E-state index contributed by atoms with van der Waals surface area (Å²) in [5.74, 6) is 0.0595. The van der Waals surface area contributed by atoms with Crippen molar-refractivity contribution in [2.24, 2.45) is 0 Å². The molecule has 132 valence electrons. The molecule has 0 N–H and O–H groups in total. The summed E-state index contributed by atoms with van der Waals surface area (Å²) < 4.78 is 30.9. The van der Waals surface area contributed by atoms with Crippen molar-refractivity contribution in [1.29, 1.82) is 0 Å². The van der Waals surface area contributed by atoms with Crippen LogP contribution in [0.2, 0.25) is 5.02 Å². The SMILES string of the molecule is CC1(C)OB(c2cccc(COc3ccc(F)cc3Cl)c2)OC1(C)C. The second kappa shape index (κ2) is 6.63. The van der Waals surface area contributed by atoms with Gasteiger partial charge in [0.25, 0.3) is 0 Å². The van der Waals surface area contributed by atoms with Gasteiger partial charge in [-0.15, -0.1) is 0 Å². The fourth-order valence-electron chi connectivity index (χ4n) is 2.56. The van der Waals surface area contributed by atoms with E-state index in [9.17, 15) is 4.39 Å². The van der Waals surface area contributed by atoms with Crippen LogP contribution in [0.1, 0.15) is 33.3 Å². The first-order valence-electron chi connectivity index (χ1n) is 8.20. The van der Waals surface area contributed by atoms with E-state index >= 15 is 0 Å². The van der Waals surface area contributed by atoms with Crippen LogP contribution in [-0.2, 0) is 15.9 Å². The van der Waals surface area contributed by atoms with Crippen molar-refractivity contribution < 1.29 is 18.4 Å². The average Bonchev–Trinajstić information content (AvgIpc) is 2.75. The Morgan fingerprint density at radius 1 is 1.04 bits per heavy atom. The van der Waals surface area contributed by atoms with Crippen molar-refractivity contribution in [2.45, 2.75) is 45.5 Å². The molecule has 1 saturated heterocycles. The van der Waals surface area contributed by atoms with Crippen LogP contribution >= 0.6 is 11.6 Å². The van der Waals surface area contributed by atoms with Crippen LogP contribution in [-0.4, -0.2) is 18.3 Å². The zero-order valence-corrected chi connectivity index (χ0v) is 15.6. The predicted octanol–water partition coefficient (Wildman–Crippen LogP) is 4.36. The lowest BCUT2D eigenvalue weighted by Gasteiger charge is -2.32. The molecule has 1 heterocycles. The highest BCUT2D eigenvalue weighted by Crippen LogP contribution is 2.36. The van der Waals surface area contributed by atoms with Crippen LogP contribution in [0, 0.1) is 5.82 Å². The van der Waals surface area contributed by atoms with Gasteiger partial charge in [-0.2, -0.15) is 0 Å². The summed E-state index contributed by atoms with van der Waals surface area (Å²) in [7, 11) is -0.417. The molecular weight excluding hydrogens is 341 g/mol. The molecule has 1 aliphatic rings. The van der Waals surface area contributed by atoms with Crippen LogP contribution in [0.3, 0.4) is 0 Å². The van der Waals surface area contributed by atoms with Gasteiger partial charge in [0.2, 0.25) is 0 Å². The van der Waals surface area contributed by atoms with Crippen LogP contribution in [0.25, 0.3) is 0 Å². The van der Waals surface area contributed by atoms with E-state index in [0.717, 1.165) is 11.0 Å². The smallest absolute Gasteiger partial charge is 0.487 e. The van der Waals surface area contributed by atoms with E-state index in [0.29, 0.717) is 12.4 Å². The number of hydrogen-bond acceptors (Lipinski definition) is 3. The van der Waals surface area contributed by atoms with Gasteiger partial charge in [-0.25, -0.2) is 4.39 Å². The topological polar surface area (TPSA) is 27.7 Å². The summed E-state index contributed by atoms with van der Waals surface area (Å²) in [6.45, 7) is 8.42. The molecule has 0 bridgehead atoms. The van der Waals surface area contributed by atoms with Crippen LogP contribution in [0.15, 0.2) is 42.5 Å². The molecule has 2 aromatic carbocycles. The lowest BCUT2D eigenvalue weighted by Crippen LogP contribution is -2.41. The third kappa shape index (κ3) is 3.84. The van der Waals surface area contributed by atoms with E-state index in [1.165, 1.54) is 18.2 Å². The quantitative estimate of drug-likeness (QED) is 0.757. The Labute approximate surface area is 153 Å². The van der Waals surface area contributed by atoms with E-state index in [1.54, 1.807) is 0 Å². The monoisotopic (exact) mass is 362 g/mol. The van der Waals surface area contributed by atoms with Gasteiger partial charge in [-0.05, 0) is 56.9 Å². The Hall–Kier alpha value is -1.56. The highest BCUT2D eigenvalue weighted by molar-refractivity contribution is 6.62. The second-order valence-electron chi connectivity index (χ2n) is 7.20. The number of benzene rings is 2. The van der Waals surface area contributed by atoms with Gasteiger partial charge in [-0.3, -0.25) is 0 Å². The highest BCUT2D eigenvalue weighted by Gasteiger charge is 2.51. The van der Waals surface area contributed by atoms with Crippen LogP contribution in [0.4, 0.5) is 4.39 Å². The van der Waals surface area contributed by atoms with Gasteiger partial charge in [0, 0.05) is 0 Å². The minimum atomic E-state index is -0.417. The van der Waals surface area contributed by atoms with E-state index in [4.69, 9.17) is 25.6 Å². The molecule has 0 amide bonds.